The molecule has 0 spiro atoms. The molecule has 0 N–H and O–H groups in total. The Bertz CT molecular complexity index is 877. The van der Waals surface area contributed by atoms with E-state index < -0.39 is 0 Å². The molecule has 1 fully saturated rings. The van der Waals surface area contributed by atoms with Crippen LogP contribution in [0.2, 0.25) is 0 Å². The van der Waals surface area contributed by atoms with E-state index in [0.717, 1.165) is 24.3 Å². The van der Waals surface area contributed by atoms with Gasteiger partial charge in [-0.3, -0.25) is 4.79 Å². The van der Waals surface area contributed by atoms with Gasteiger partial charge in [0.25, 0.3) is 0 Å². The van der Waals surface area contributed by atoms with Gasteiger partial charge in [-0.25, -0.2) is 4.39 Å². The minimum atomic E-state index is -0.301. The number of piperidine rings is 1. The fraction of sp³-hybridized carbons (Fsp3) is 0.316. The number of benzene rings is 1. The molecular formula is C19H18FN3O2S. The zero-order valence-corrected chi connectivity index (χ0v) is 14.9. The Morgan fingerprint density at radius 3 is 2.92 bits per heavy atom. The molecule has 0 unspecified atom stereocenters. The summed E-state index contributed by atoms with van der Waals surface area (Å²) in [6.45, 7) is 1.36. The Labute approximate surface area is 154 Å². The molecule has 7 heteroatoms. The lowest BCUT2D eigenvalue weighted by molar-refractivity contribution is -0.131. The van der Waals surface area contributed by atoms with E-state index in [1.807, 2.05) is 22.4 Å². The zero-order chi connectivity index (χ0) is 17.9. The van der Waals surface area contributed by atoms with Crippen molar-refractivity contribution < 1.29 is 13.7 Å². The highest BCUT2D eigenvalue weighted by Gasteiger charge is 2.28. The van der Waals surface area contributed by atoms with Gasteiger partial charge in [-0.05, 0) is 48.6 Å². The first kappa shape index (κ1) is 16.9. The van der Waals surface area contributed by atoms with Gasteiger partial charge in [-0.1, -0.05) is 11.2 Å². The zero-order valence-electron chi connectivity index (χ0n) is 14.1. The van der Waals surface area contributed by atoms with Crippen molar-refractivity contribution in [1.29, 1.82) is 0 Å². The maximum Gasteiger partial charge on any atom is 0.231 e. The number of thiophene rings is 1. The second-order valence-electron chi connectivity index (χ2n) is 6.40. The highest BCUT2D eigenvalue weighted by molar-refractivity contribution is 7.10. The predicted molar refractivity (Wildman–Crippen MR) is 96.3 cm³/mol. The molecule has 0 bridgehead atoms. The van der Waals surface area contributed by atoms with Crippen molar-refractivity contribution in [2.24, 2.45) is 0 Å². The summed E-state index contributed by atoms with van der Waals surface area (Å²) >= 11 is 1.60. The topological polar surface area (TPSA) is 59.2 Å². The van der Waals surface area contributed by atoms with Gasteiger partial charge in [-0.15, -0.1) is 11.3 Å². The maximum absolute atomic E-state index is 13.1. The second kappa shape index (κ2) is 7.37. The van der Waals surface area contributed by atoms with Crippen LogP contribution >= 0.6 is 11.3 Å². The van der Waals surface area contributed by atoms with Crippen molar-refractivity contribution >= 4 is 17.2 Å². The molecule has 26 heavy (non-hydrogen) atoms. The number of carbonyl (C=O) groups excluding carboxylic acids is 1. The number of nitrogens with zero attached hydrogens (tertiary/aromatic N) is 3. The van der Waals surface area contributed by atoms with Crippen molar-refractivity contribution in [3.8, 4) is 11.4 Å². The fourth-order valence-electron chi connectivity index (χ4n) is 3.20. The summed E-state index contributed by atoms with van der Waals surface area (Å²) < 4.78 is 18.5. The Kier molecular flexibility index (Phi) is 4.79. The summed E-state index contributed by atoms with van der Waals surface area (Å²) in [7, 11) is 0. The third kappa shape index (κ3) is 3.67. The van der Waals surface area contributed by atoms with Gasteiger partial charge in [0.2, 0.25) is 17.6 Å². The van der Waals surface area contributed by atoms with E-state index in [0.29, 0.717) is 30.2 Å². The van der Waals surface area contributed by atoms with Crippen LogP contribution in [0.25, 0.3) is 11.4 Å². The summed E-state index contributed by atoms with van der Waals surface area (Å²) in [5, 5.41) is 5.99. The van der Waals surface area contributed by atoms with E-state index in [1.54, 1.807) is 23.5 Å². The highest BCUT2D eigenvalue weighted by atomic mass is 32.1. The SMILES string of the molecule is O=C(Cc1cccs1)N1CCC[C@H](c2nc(-c3ccc(F)cc3)no2)C1. The molecule has 3 heterocycles. The largest absolute Gasteiger partial charge is 0.342 e. The molecular weight excluding hydrogens is 353 g/mol. The van der Waals surface area contributed by atoms with Crippen molar-refractivity contribution in [3.05, 3.63) is 58.4 Å². The highest BCUT2D eigenvalue weighted by Crippen LogP contribution is 2.28. The molecule has 0 aliphatic carbocycles. The summed E-state index contributed by atoms with van der Waals surface area (Å²) in [5.41, 5.74) is 0.711. The van der Waals surface area contributed by atoms with Gasteiger partial charge >= 0.3 is 0 Å². The molecule has 1 saturated heterocycles. The Balaban J connectivity index is 1.44. The summed E-state index contributed by atoms with van der Waals surface area (Å²) in [6, 6.07) is 9.94. The van der Waals surface area contributed by atoms with Gasteiger partial charge in [0, 0.05) is 23.5 Å². The summed E-state index contributed by atoms with van der Waals surface area (Å²) in [5.74, 6) is 0.859. The van der Waals surface area contributed by atoms with E-state index in [-0.39, 0.29) is 17.6 Å². The van der Waals surface area contributed by atoms with Crippen LogP contribution in [0.4, 0.5) is 4.39 Å². The first-order valence-electron chi connectivity index (χ1n) is 8.59. The maximum atomic E-state index is 13.1. The molecule has 1 aromatic carbocycles. The van der Waals surface area contributed by atoms with E-state index in [4.69, 9.17) is 4.52 Å². The number of halogens is 1. The third-order valence-corrected chi connectivity index (χ3v) is 5.45. The van der Waals surface area contributed by atoms with Gasteiger partial charge in [-0.2, -0.15) is 4.98 Å². The quantitative estimate of drug-likeness (QED) is 0.698. The number of rotatable bonds is 4. The van der Waals surface area contributed by atoms with Crippen LogP contribution in [0.1, 0.15) is 29.5 Å². The molecule has 4 rings (SSSR count). The number of amides is 1. The minimum Gasteiger partial charge on any atom is -0.342 e. The van der Waals surface area contributed by atoms with Crippen molar-refractivity contribution in [2.45, 2.75) is 25.2 Å². The molecule has 0 radical (unpaired) electrons. The van der Waals surface area contributed by atoms with Crippen LogP contribution < -0.4 is 0 Å². The second-order valence-corrected chi connectivity index (χ2v) is 7.43. The van der Waals surface area contributed by atoms with Gasteiger partial charge in [0.05, 0.1) is 12.3 Å². The molecule has 1 amide bonds. The lowest BCUT2D eigenvalue weighted by Crippen LogP contribution is -2.39. The molecule has 1 aliphatic heterocycles. The molecule has 0 saturated carbocycles. The first-order chi connectivity index (χ1) is 12.7. The van der Waals surface area contributed by atoms with Crippen LogP contribution in [0, 0.1) is 5.82 Å². The molecule has 3 aromatic rings. The van der Waals surface area contributed by atoms with Gasteiger partial charge < -0.3 is 9.42 Å². The van der Waals surface area contributed by atoms with Crippen LogP contribution in [-0.4, -0.2) is 34.0 Å². The number of carbonyl (C=O) groups is 1. The van der Waals surface area contributed by atoms with Crippen molar-refractivity contribution in [3.63, 3.8) is 0 Å². The number of hydrogen-bond acceptors (Lipinski definition) is 5. The normalized spacial score (nSPS) is 17.4. The van der Waals surface area contributed by atoms with Gasteiger partial charge in [0.15, 0.2) is 0 Å². The molecule has 5 nitrogen and oxygen atoms in total. The molecule has 1 aliphatic rings. The van der Waals surface area contributed by atoms with Crippen LogP contribution in [-0.2, 0) is 11.2 Å². The van der Waals surface area contributed by atoms with Crippen molar-refractivity contribution in [2.75, 3.05) is 13.1 Å². The average molecular weight is 371 g/mol. The Morgan fingerprint density at radius 1 is 1.31 bits per heavy atom. The minimum absolute atomic E-state index is 0.0396. The summed E-state index contributed by atoms with van der Waals surface area (Å²) in [4.78, 5) is 20.0. The number of likely N-dealkylation sites (tertiary alicyclic amines) is 1. The van der Waals surface area contributed by atoms with Gasteiger partial charge in [0.1, 0.15) is 5.82 Å². The summed E-state index contributed by atoms with van der Waals surface area (Å²) in [6.07, 6.45) is 2.26. The van der Waals surface area contributed by atoms with E-state index in [1.165, 1.54) is 12.1 Å². The third-order valence-electron chi connectivity index (χ3n) is 4.57. The number of aromatic nitrogens is 2. The van der Waals surface area contributed by atoms with Crippen molar-refractivity contribution in [1.82, 2.24) is 15.0 Å². The molecule has 2 aromatic heterocycles. The van der Waals surface area contributed by atoms with E-state index >= 15 is 0 Å². The molecule has 134 valence electrons. The average Bonchev–Trinajstić information content (AvgIpc) is 3.34. The monoisotopic (exact) mass is 371 g/mol. The lowest BCUT2D eigenvalue weighted by Gasteiger charge is -2.31. The van der Waals surface area contributed by atoms with Crippen LogP contribution in [0.3, 0.4) is 0 Å². The lowest BCUT2D eigenvalue weighted by atomic mass is 9.97. The van der Waals surface area contributed by atoms with Crippen LogP contribution in [0.15, 0.2) is 46.3 Å². The van der Waals surface area contributed by atoms with E-state index in [9.17, 15) is 9.18 Å². The molecule has 1 atom stereocenters. The first-order valence-corrected chi connectivity index (χ1v) is 9.47. The Morgan fingerprint density at radius 2 is 2.15 bits per heavy atom. The van der Waals surface area contributed by atoms with E-state index in [2.05, 4.69) is 10.1 Å². The number of hydrogen-bond donors (Lipinski definition) is 0. The smallest absolute Gasteiger partial charge is 0.231 e. The fourth-order valence-corrected chi connectivity index (χ4v) is 3.89. The Hall–Kier alpha value is -2.54. The van der Waals surface area contributed by atoms with Crippen LogP contribution in [0.5, 0.6) is 0 Å². The predicted octanol–water partition coefficient (Wildman–Crippen LogP) is 3.89. The standard InChI is InChI=1S/C19H18FN3O2S/c20-15-7-5-13(6-8-15)18-21-19(25-22-18)14-3-1-9-23(12-14)17(24)11-16-4-2-10-26-16/h2,4-8,10,14H,1,3,9,11-12H2/t14-/m0/s1.